The maximum atomic E-state index is 13.8. The zero-order chi connectivity index (χ0) is 24.6. The summed E-state index contributed by atoms with van der Waals surface area (Å²) in [5.41, 5.74) is 1.71. The van der Waals surface area contributed by atoms with Gasteiger partial charge in [-0.3, -0.25) is 19.3 Å². The van der Waals surface area contributed by atoms with Crippen LogP contribution in [0, 0.1) is 23.7 Å². The number of hydrogen-bond acceptors (Lipinski definition) is 3. The largest absolute Gasteiger partial charge is 0.332 e. The third kappa shape index (κ3) is 3.82. The lowest BCUT2D eigenvalue weighted by Gasteiger charge is -2.54. The number of rotatable bonds is 5. The number of β-lactam (4-membered cyclic amide) rings is 1. The number of imide groups is 1. The van der Waals surface area contributed by atoms with Gasteiger partial charge in [0.1, 0.15) is 0 Å². The van der Waals surface area contributed by atoms with Crippen molar-refractivity contribution in [2.45, 2.75) is 50.6 Å². The summed E-state index contributed by atoms with van der Waals surface area (Å²) in [6.45, 7) is 0. The molecule has 3 amide bonds. The van der Waals surface area contributed by atoms with E-state index in [-0.39, 0.29) is 41.6 Å². The molecule has 0 aromatic heterocycles. The van der Waals surface area contributed by atoms with Crippen LogP contribution in [0.3, 0.4) is 0 Å². The van der Waals surface area contributed by atoms with Gasteiger partial charge in [-0.25, -0.2) is 0 Å². The Kier molecular flexibility index (Phi) is 6.08. The van der Waals surface area contributed by atoms with Crippen molar-refractivity contribution in [1.29, 1.82) is 0 Å². The van der Waals surface area contributed by atoms with Gasteiger partial charge in [-0.05, 0) is 37.0 Å². The van der Waals surface area contributed by atoms with E-state index in [2.05, 4.69) is 29.2 Å². The van der Waals surface area contributed by atoms with E-state index in [9.17, 15) is 14.4 Å². The van der Waals surface area contributed by atoms with Gasteiger partial charge in [-0.2, -0.15) is 0 Å². The molecule has 2 aliphatic heterocycles. The number of anilines is 1. The fourth-order valence-electron chi connectivity index (χ4n) is 6.82. The zero-order valence-corrected chi connectivity index (χ0v) is 20.4. The molecular formula is C31H32N2O3. The van der Waals surface area contributed by atoms with Gasteiger partial charge in [0.15, 0.2) is 0 Å². The van der Waals surface area contributed by atoms with Crippen LogP contribution in [0.15, 0.2) is 78.9 Å². The van der Waals surface area contributed by atoms with Crippen LogP contribution >= 0.6 is 0 Å². The predicted octanol–water partition coefficient (Wildman–Crippen LogP) is 5.24. The van der Waals surface area contributed by atoms with Crippen LogP contribution in [0.1, 0.15) is 44.1 Å². The predicted molar refractivity (Wildman–Crippen MR) is 140 cm³/mol. The number of hydrogen-bond donors (Lipinski definition) is 0. The molecule has 2 aliphatic carbocycles. The second kappa shape index (κ2) is 9.53. The summed E-state index contributed by atoms with van der Waals surface area (Å²) >= 11 is 0. The van der Waals surface area contributed by atoms with E-state index in [0.717, 1.165) is 31.2 Å². The molecule has 0 spiro atoms. The minimum atomic E-state index is -0.488. The third-order valence-electron chi connectivity index (χ3n) is 8.55. The first-order chi connectivity index (χ1) is 17.6. The summed E-state index contributed by atoms with van der Waals surface area (Å²) in [4.78, 5) is 44.3. The summed E-state index contributed by atoms with van der Waals surface area (Å²) in [6.07, 6.45) is 14.5. The van der Waals surface area contributed by atoms with E-state index in [1.807, 2.05) is 48.6 Å². The second-order valence-electron chi connectivity index (χ2n) is 10.5. The van der Waals surface area contributed by atoms with Gasteiger partial charge in [-0.15, -0.1) is 0 Å². The van der Waals surface area contributed by atoms with E-state index in [1.165, 1.54) is 11.3 Å². The van der Waals surface area contributed by atoms with Crippen LogP contribution < -0.4 is 4.90 Å². The zero-order valence-electron chi connectivity index (χ0n) is 20.4. The molecule has 0 radical (unpaired) electrons. The molecule has 0 N–H and O–H groups in total. The number of carbonyl (C=O) groups excluding carboxylic acids is 3. The first-order valence-electron chi connectivity index (χ1n) is 13.3. The molecule has 6 rings (SSSR count). The number of carbonyl (C=O) groups is 3. The number of benzene rings is 2. The Hall–Kier alpha value is -3.47. The molecule has 0 bridgehead atoms. The van der Waals surface area contributed by atoms with E-state index in [1.54, 1.807) is 12.1 Å². The van der Waals surface area contributed by atoms with Gasteiger partial charge in [-0.1, -0.05) is 92.1 Å². The topological polar surface area (TPSA) is 57.7 Å². The molecule has 2 aromatic carbocycles. The number of amides is 3. The average molecular weight is 481 g/mol. The van der Waals surface area contributed by atoms with Crippen molar-refractivity contribution >= 4 is 29.5 Å². The van der Waals surface area contributed by atoms with Crippen LogP contribution in [-0.4, -0.2) is 34.7 Å². The van der Waals surface area contributed by atoms with Gasteiger partial charge in [0.05, 0.1) is 29.5 Å². The summed E-state index contributed by atoms with van der Waals surface area (Å²) in [7, 11) is 0. The van der Waals surface area contributed by atoms with E-state index < -0.39 is 11.8 Å². The molecule has 5 atom stereocenters. The lowest BCUT2D eigenvalue weighted by Crippen LogP contribution is -2.66. The maximum Gasteiger partial charge on any atom is 0.238 e. The van der Waals surface area contributed by atoms with Crippen molar-refractivity contribution in [1.82, 2.24) is 4.90 Å². The van der Waals surface area contributed by atoms with Gasteiger partial charge in [0, 0.05) is 12.0 Å². The summed E-state index contributed by atoms with van der Waals surface area (Å²) in [5, 5.41) is 0. The van der Waals surface area contributed by atoms with Gasteiger partial charge in [0.25, 0.3) is 0 Å². The standard InChI is InChI=1S/C31H32N2O3/c34-29-25-18-10-17-24(27(25)30(35)33(29)23-15-8-3-9-16-23)28-26(20-19-21-11-4-1-5-12-21)32(31(28)36)22-13-6-2-7-14-22/h1,3-5,8-12,15-17,19-20,22,24-28H,2,6-7,13-14,18H2/b20-19+/t24-,25-,26-,27+,28+/m0/s1. The van der Waals surface area contributed by atoms with Crippen LogP contribution in [0.25, 0.3) is 6.08 Å². The van der Waals surface area contributed by atoms with Crippen molar-refractivity contribution in [3.63, 3.8) is 0 Å². The molecule has 184 valence electrons. The summed E-state index contributed by atoms with van der Waals surface area (Å²) in [5.74, 6) is -1.65. The smallest absolute Gasteiger partial charge is 0.238 e. The highest BCUT2D eigenvalue weighted by atomic mass is 16.2. The van der Waals surface area contributed by atoms with E-state index >= 15 is 0 Å². The molecule has 36 heavy (non-hydrogen) atoms. The Labute approximate surface area is 212 Å². The molecule has 3 fully saturated rings. The van der Waals surface area contributed by atoms with Crippen molar-refractivity contribution in [2.75, 3.05) is 4.90 Å². The van der Waals surface area contributed by atoms with E-state index in [0.29, 0.717) is 12.1 Å². The van der Waals surface area contributed by atoms with Crippen LogP contribution in [0.5, 0.6) is 0 Å². The maximum absolute atomic E-state index is 13.8. The molecule has 1 saturated carbocycles. The lowest BCUT2D eigenvalue weighted by molar-refractivity contribution is -0.163. The SMILES string of the molecule is O=C1[C@@H]2[C@@H]([C@H]3C(=O)N(C4CCCCC4)[C@H]3/C=C/c3ccccc3)C=CC[C@@H]2C(=O)N1c1ccccc1. The summed E-state index contributed by atoms with van der Waals surface area (Å²) in [6, 6.07) is 19.5. The Morgan fingerprint density at radius 1 is 0.750 bits per heavy atom. The molecule has 4 aliphatic rings. The number of nitrogens with zero attached hydrogens (tertiary/aromatic N) is 2. The van der Waals surface area contributed by atoms with Crippen molar-refractivity contribution in [3.05, 3.63) is 84.5 Å². The molecule has 2 heterocycles. The van der Waals surface area contributed by atoms with Crippen molar-refractivity contribution < 1.29 is 14.4 Å². The fourth-order valence-corrected chi connectivity index (χ4v) is 6.82. The van der Waals surface area contributed by atoms with Gasteiger partial charge in [0.2, 0.25) is 17.7 Å². The first-order valence-corrected chi connectivity index (χ1v) is 13.3. The molecule has 5 heteroatoms. The Morgan fingerprint density at radius 2 is 1.44 bits per heavy atom. The number of allylic oxidation sites excluding steroid dienone is 2. The van der Waals surface area contributed by atoms with E-state index in [4.69, 9.17) is 0 Å². The molecule has 2 aromatic rings. The van der Waals surface area contributed by atoms with Crippen molar-refractivity contribution in [2.24, 2.45) is 23.7 Å². The fraction of sp³-hybridized carbons (Fsp3) is 0.387. The third-order valence-corrected chi connectivity index (χ3v) is 8.55. The van der Waals surface area contributed by atoms with Crippen LogP contribution in [0.4, 0.5) is 5.69 Å². The molecule has 5 nitrogen and oxygen atoms in total. The van der Waals surface area contributed by atoms with Crippen LogP contribution in [-0.2, 0) is 14.4 Å². The van der Waals surface area contributed by atoms with Gasteiger partial charge >= 0.3 is 0 Å². The highest BCUT2D eigenvalue weighted by molar-refractivity contribution is 6.22. The van der Waals surface area contributed by atoms with Crippen LogP contribution in [0.2, 0.25) is 0 Å². The minimum Gasteiger partial charge on any atom is -0.332 e. The number of likely N-dealkylation sites (tertiary alicyclic amines) is 1. The normalized spacial score (nSPS) is 30.7. The summed E-state index contributed by atoms with van der Waals surface area (Å²) < 4.78 is 0. The Balaban J connectivity index is 1.32. The molecule has 0 unspecified atom stereocenters. The Bertz CT molecular complexity index is 1200. The highest BCUT2D eigenvalue weighted by Gasteiger charge is 2.60. The first kappa shape index (κ1) is 23.0. The van der Waals surface area contributed by atoms with Gasteiger partial charge < -0.3 is 4.90 Å². The molecule has 2 saturated heterocycles. The average Bonchev–Trinajstić information content (AvgIpc) is 3.18. The quantitative estimate of drug-likeness (QED) is 0.334. The highest BCUT2D eigenvalue weighted by Crippen LogP contribution is 2.49. The Morgan fingerprint density at radius 3 is 2.17 bits per heavy atom. The van der Waals surface area contributed by atoms with Crippen molar-refractivity contribution in [3.8, 4) is 0 Å². The minimum absolute atomic E-state index is 0.0668. The molecular weight excluding hydrogens is 448 g/mol. The lowest BCUT2D eigenvalue weighted by atomic mass is 9.65. The second-order valence-corrected chi connectivity index (χ2v) is 10.5. The monoisotopic (exact) mass is 480 g/mol. The number of para-hydroxylation sites is 1. The number of fused-ring (bicyclic) bond motifs is 1.